The molecule has 0 aromatic carbocycles. The predicted molar refractivity (Wildman–Crippen MR) is 62.1 cm³/mol. The number of carbonyl (C=O) groups excluding carboxylic acids is 1. The van der Waals surface area contributed by atoms with Crippen LogP contribution in [0.25, 0.3) is 0 Å². The highest BCUT2D eigenvalue weighted by atomic mass is 32.1. The molecular weight excluding hydrogens is 226 g/mol. The lowest BCUT2D eigenvalue weighted by molar-refractivity contribution is -0.122. The number of carbonyl (C=O) groups is 1. The normalized spacial score (nSPS) is 14.2. The minimum atomic E-state index is 0.00199. The van der Waals surface area contributed by atoms with Gasteiger partial charge in [-0.3, -0.25) is 15.6 Å². The first kappa shape index (κ1) is 10.9. The van der Waals surface area contributed by atoms with Crippen molar-refractivity contribution >= 4 is 23.2 Å². The molecule has 0 saturated heterocycles. The van der Waals surface area contributed by atoms with Crippen LogP contribution < -0.4 is 16.2 Å². The summed E-state index contributed by atoms with van der Waals surface area (Å²) in [7, 11) is 0. The summed E-state index contributed by atoms with van der Waals surface area (Å²) in [6.45, 7) is 0.498. The van der Waals surface area contributed by atoms with E-state index in [-0.39, 0.29) is 11.8 Å². The summed E-state index contributed by atoms with van der Waals surface area (Å²) >= 11 is 4.97. The summed E-state index contributed by atoms with van der Waals surface area (Å²) in [5.74, 6) is 0.959. The number of furan rings is 1. The summed E-state index contributed by atoms with van der Waals surface area (Å²) in [5.41, 5.74) is 5.20. The van der Waals surface area contributed by atoms with Gasteiger partial charge in [0.15, 0.2) is 5.11 Å². The SMILES string of the molecule is O=C(NNC(=S)NCc1ccco1)C1CC1. The van der Waals surface area contributed by atoms with Gasteiger partial charge in [-0.25, -0.2) is 0 Å². The van der Waals surface area contributed by atoms with E-state index in [1.807, 2.05) is 12.1 Å². The second-order valence-electron chi connectivity index (χ2n) is 3.65. The van der Waals surface area contributed by atoms with E-state index in [4.69, 9.17) is 16.6 Å². The minimum Gasteiger partial charge on any atom is -0.467 e. The van der Waals surface area contributed by atoms with Gasteiger partial charge >= 0.3 is 0 Å². The van der Waals surface area contributed by atoms with E-state index in [1.54, 1.807) is 6.26 Å². The van der Waals surface area contributed by atoms with E-state index in [0.717, 1.165) is 18.6 Å². The maximum absolute atomic E-state index is 11.3. The highest BCUT2D eigenvalue weighted by Gasteiger charge is 2.29. The molecule has 16 heavy (non-hydrogen) atoms. The smallest absolute Gasteiger partial charge is 0.241 e. The van der Waals surface area contributed by atoms with Crippen molar-refractivity contribution in [3.05, 3.63) is 24.2 Å². The highest BCUT2D eigenvalue weighted by molar-refractivity contribution is 7.80. The number of nitrogens with one attached hydrogen (secondary N) is 3. The van der Waals surface area contributed by atoms with Crippen molar-refractivity contribution in [1.29, 1.82) is 0 Å². The van der Waals surface area contributed by atoms with Gasteiger partial charge < -0.3 is 9.73 Å². The van der Waals surface area contributed by atoms with Crippen LogP contribution in [0.5, 0.6) is 0 Å². The zero-order chi connectivity index (χ0) is 11.4. The van der Waals surface area contributed by atoms with Crippen LogP contribution in [0.2, 0.25) is 0 Å². The molecule has 1 saturated carbocycles. The van der Waals surface area contributed by atoms with Crippen LogP contribution in [0.4, 0.5) is 0 Å². The first-order chi connectivity index (χ1) is 7.75. The fraction of sp³-hybridized carbons (Fsp3) is 0.400. The Labute approximate surface area is 98.5 Å². The zero-order valence-electron chi connectivity index (χ0n) is 8.66. The maximum Gasteiger partial charge on any atom is 0.241 e. The Kier molecular flexibility index (Phi) is 3.40. The fourth-order valence-corrected chi connectivity index (χ4v) is 1.31. The molecule has 1 amide bonds. The summed E-state index contributed by atoms with van der Waals surface area (Å²) in [5, 5.41) is 3.29. The van der Waals surface area contributed by atoms with Crippen molar-refractivity contribution < 1.29 is 9.21 Å². The van der Waals surface area contributed by atoms with E-state index in [9.17, 15) is 4.79 Å². The number of hydrazine groups is 1. The number of rotatable bonds is 3. The van der Waals surface area contributed by atoms with Gasteiger partial charge in [0.25, 0.3) is 0 Å². The van der Waals surface area contributed by atoms with Gasteiger partial charge in [-0.15, -0.1) is 0 Å². The molecule has 6 heteroatoms. The molecule has 0 spiro atoms. The van der Waals surface area contributed by atoms with Crippen LogP contribution in [0.3, 0.4) is 0 Å². The minimum absolute atomic E-state index is 0.00199. The molecule has 1 fully saturated rings. The van der Waals surface area contributed by atoms with Crippen molar-refractivity contribution in [2.24, 2.45) is 5.92 Å². The Morgan fingerprint density at radius 1 is 1.50 bits per heavy atom. The topological polar surface area (TPSA) is 66.3 Å². The van der Waals surface area contributed by atoms with Crippen LogP contribution in [-0.4, -0.2) is 11.0 Å². The number of amides is 1. The van der Waals surface area contributed by atoms with Gasteiger partial charge in [0.1, 0.15) is 5.76 Å². The number of hydrogen-bond donors (Lipinski definition) is 3. The zero-order valence-corrected chi connectivity index (χ0v) is 9.47. The Morgan fingerprint density at radius 2 is 2.31 bits per heavy atom. The summed E-state index contributed by atoms with van der Waals surface area (Å²) < 4.78 is 5.12. The molecule has 0 unspecified atom stereocenters. The molecule has 0 bridgehead atoms. The van der Waals surface area contributed by atoms with E-state index in [0.29, 0.717) is 11.7 Å². The van der Waals surface area contributed by atoms with E-state index < -0.39 is 0 Å². The van der Waals surface area contributed by atoms with Crippen molar-refractivity contribution in [3.63, 3.8) is 0 Å². The summed E-state index contributed by atoms with van der Waals surface area (Å²) in [6.07, 6.45) is 3.54. The van der Waals surface area contributed by atoms with Crippen LogP contribution >= 0.6 is 12.2 Å². The maximum atomic E-state index is 11.3. The lowest BCUT2D eigenvalue weighted by Gasteiger charge is -2.10. The van der Waals surface area contributed by atoms with Gasteiger partial charge in [-0.2, -0.15) is 0 Å². The molecule has 3 N–H and O–H groups in total. The molecule has 5 nitrogen and oxygen atoms in total. The van der Waals surface area contributed by atoms with Crippen LogP contribution in [0.1, 0.15) is 18.6 Å². The molecule has 1 aliphatic carbocycles. The first-order valence-electron chi connectivity index (χ1n) is 5.12. The summed E-state index contributed by atoms with van der Waals surface area (Å²) in [4.78, 5) is 11.3. The third kappa shape index (κ3) is 3.23. The van der Waals surface area contributed by atoms with Gasteiger partial charge in [0, 0.05) is 5.92 Å². The molecule has 1 heterocycles. The van der Waals surface area contributed by atoms with Crippen molar-refractivity contribution in [3.8, 4) is 0 Å². The van der Waals surface area contributed by atoms with E-state index >= 15 is 0 Å². The van der Waals surface area contributed by atoms with Gasteiger partial charge in [-0.05, 0) is 37.2 Å². The lowest BCUT2D eigenvalue weighted by atomic mass is 10.4. The van der Waals surface area contributed by atoms with Crippen LogP contribution in [0.15, 0.2) is 22.8 Å². The fourth-order valence-electron chi connectivity index (χ4n) is 1.19. The highest BCUT2D eigenvalue weighted by Crippen LogP contribution is 2.28. The Bertz CT molecular complexity index is 373. The first-order valence-corrected chi connectivity index (χ1v) is 5.52. The lowest BCUT2D eigenvalue weighted by Crippen LogP contribution is -2.47. The van der Waals surface area contributed by atoms with Crippen molar-refractivity contribution in [2.45, 2.75) is 19.4 Å². The molecule has 1 aromatic rings. The number of thiocarbonyl (C=S) groups is 1. The van der Waals surface area contributed by atoms with Crippen LogP contribution in [0, 0.1) is 5.92 Å². The quantitative estimate of drug-likeness (QED) is 0.535. The molecule has 2 rings (SSSR count). The monoisotopic (exact) mass is 239 g/mol. The second-order valence-corrected chi connectivity index (χ2v) is 4.06. The number of hydrogen-bond acceptors (Lipinski definition) is 3. The molecule has 86 valence electrons. The predicted octanol–water partition coefficient (Wildman–Crippen LogP) is 0.685. The van der Waals surface area contributed by atoms with Gasteiger partial charge in [0.2, 0.25) is 5.91 Å². The van der Waals surface area contributed by atoms with E-state index in [2.05, 4.69) is 16.2 Å². The molecular formula is C10H13N3O2S. The Hall–Kier alpha value is -1.56. The largest absolute Gasteiger partial charge is 0.467 e. The Balaban J connectivity index is 1.62. The average Bonchev–Trinajstić information content (AvgIpc) is 3.01. The summed E-state index contributed by atoms with van der Waals surface area (Å²) in [6, 6.07) is 3.65. The van der Waals surface area contributed by atoms with Crippen molar-refractivity contribution in [1.82, 2.24) is 16.2 Å². The van der Waals surface area contributed by atoms with Gasteiger partial charge in [0.05, 0.1) is 12.8 Å². The third-order valence-corrected chi connectivity index (χ3v) is 2.50. The molecule has 1 aromatic heterocycles. The standard InChI is InChI=1S/C10H13N3O2S/c14-9(7-3-4-7)12-13-10(16)11-6-8-2-1-5-15-8/h1-2,5,7H,3-4,6H2,(H,12,14)(H2,11,13,16). The third-order valence-electron chi connectivity index (χ3n) is 2.25. The van der Waals surface area contributed by atoms with Crippen molar-refractivity contribution in [2.75, 3.05) is 0 Å². The van der Waals surface area contributed by atoms with E-state index in [1.165, 1.54) is 0 Å². The van der Waals surface area contributed by atoms with Crippen LogP contribution in [-0.2, 0) is 11.3 Å². The Morgan fingerprint density at radius 3 is 2.94 bits per heavy atom. The molecule has 1 aliphatic rings. The van der Waals surface area contributed by atoms with Gasteiger partial charge in [-0.1, -0.05) is 0 Å². The average molecular weight is 239 g/mol. The molecule has 0 aliphatic heterocycles. The molecule has 0 radical (unpaired) electrons. The molecule has 0 atom stereocenters. The second kappa shape index (κ2) is 4.98.